The maximum atomic E-state index is 11.3. The molecule has 0 amide bonds. The molecule has 0 aromatic carbocycles. The number of aliphatic carboxylic acids is 1. The molecule has 1 atom stereocenters. The summed E-state index contributed by atoms with van der Waals surface area (Å²) in [6, 6.07) is 0. The third-order valence-corrected chi connectivity index (χ3v) is 3.70. The van der Waals surface area contributed by atoms with Crippen LogP contribution in [0.25, 0.3) is 0 Å². The average molecular weight is 210 g/mol. The molecule has 0 aliphatic carbocycles. The van der Waals surface area contributed by atoms with Gasteiger partial charge in [-0.2, -0.15) is 0 Å². The van der Waals surface area contributed by atoms with Crippen molar-refractivity contribution >= 4 is 15.8 Å². The Bertz CT molecular complexity index is 256. The van der Waals surface area contributed by atoms with E-state index in [-0.39, 0.29) is 12.4 Å². The number of sulfone groups is 1. The van der Waals surface area contributed by atoms with Crippen LogP contribution >= 0.6 is 0 Å². The Kier molecular flexibility index (Phi) is 4.94. The molecule has 0 bridgehead atoms. The standard InChI is InChI=1S/C7H14O5S/c1-3-4-13(10,11)6(5-12-2)7(8)9/h6H,3-5H2,1-2H3,(H,8,9). The number of ether oxygens (including phenoxy) is 1. The second-order valence-corrected chi connectivity index (χ2v) is 4.95. The van der Waals surface area contributed by atoms with E-state index in [4.69, 9.17) is 5.11 Å². The van der Waals surface area contributed by atoms with Crippen LogP contribution in [-0.4, -0.2) is 44.2 Å². The Labute approximate surface area is 77.6 Å². The average Bonchev–Trinajstić information content (AvgIpc) is 1.99. The van der Waals surface area contributed by atoms with E-state index >= 15 is 0 Å². The number of rotatable bonds is 6. The molecule has 5 nitrogen and oxygen atoms in total. The van der Waals surface area contributed by atoms with Crippen molar-refractivity contribution in [3.63, 3.8) is 0 Å². The summed E-state index contributed by atoms with van der Waals surface area (Å²) in [6.45, 7) is 1.39. The predicted molar refractivity (Wildman–Crippen MR) is 47.4 cm³/mol. The monoisotopic (exact) mass is 210 g/mol. The van der Waals surface area contributed by atoms with Gasteiger partial charge in [-0.15, -0.1) is 0 Å². The number of carboxylic acid groups (broad SMARTS) is 1. The molecular weight excluding hydrogens is 196 g/mol. The number of carbonyl (C=O) groups is 1. The predicted octanol–water partition coefficient (Wildman–Crippen LogP) is -0.0892. The highest BCUT2D eigenvalue weighted by molar-refractivity contribution is 7.92. The minimum absolute atomic E-state index is 0.118. The van der Waals surface area contributed by atoms with Crippen molar-refractivity contribution in [1.82, 2.24) is 0 Å². The minimum atomic E-state index is -3.56. The highest BCUT2D eigenvalue weighted by Gasteiger charge is 2.31. The molecule has 0 aromatic heterocycles. The van der Waals surface area contributed by atoms with Gasteiger partial charge in [0.2, 0.25) is 0 Å². The van der Waals surface area contributed by atoms with E-state index in [1.165, 1.54) is 7.11 Å². The molecule has 1 N–H and O–H groups in total. The Morgan fingerprint density at radius 1 is 1.54 bits per heavy atom. The van der Waals surface area contributed by atoms with Crippen LogP contribution < -0.4 is 0 Å². The van der Waals surface area contributed by atoms with Crippen molar-refractivity contribution in [3.05, 3.63) is 0 Å². The molecule has 0 aliphatic rings. The SMILES string of the molecule is CCCS(=O)(=O)C(COC)C(=O)O. The number of methoxy groups -OCH3 is 1. The van der Waals surface area contributed by atoms with Crippen molar-refractivity contribution in [1.29, 1.82) is 0 Å². The zero-order chi connectivity index (χ0) is 10.5. The molecule has 0 saturated carbocycles. The molecule has 78 valence electrons. The quantitative estimate of drug-likeness (QED) is 0.662. The Balaban J connectivity index is 4.63. The van der Waals surface area contributed by atoms with E-state index < -0.39 is 21.1 Å². The molecule has 0 saturated heterocycles. The lowest BCUT2D eigenvalue weighted by atomic mass is 10.4. The third-order valence-electron chi connectivity index (χ3n) is 1.52. The number of carboxylic acids is 1. The summed E-state index contributed by atoms with van der Waals surface area (Å²) < 4.78 is 27.1. The fraction of sp³-hybridized carbons (Fsp3) is 0.857. The summed E-state index contributed by atoms with van der Waals surface area (Å²) in [5, 5.41) is 7.17. The van der Waals surface area contributed by atoms with Crippen molar-refractivity contribution in [3.8, 4) is 0 Å². The molecule has 0 rings (SSSR count). The molecule has 0 heterocycles. The first-order valence-electron chi connectivity index (χ1n) is 3.89. The topological polar surface area (TPSA) is 80.7 Å². The second kappa shape index (κ2) is 5.18. The Morgan fingerprint density at radius 3 is 2.38 bits per heavy atom. The molecule has 0 aromatic rings. The Hall–Kier alpha value is -0.620. The van der Waals surface area contributed by atoms with Gasteiger partial charge in [0.15, 0.2) is 15.1 Å². The van der Waals surface area contributed by atoms with Gasteiger partial charge in [0.25, 0.3) is 0 Å². The summed E-state index contributed by atoms with van der Waals surface area (Å²) in [5.41, 5.74) is 0. The lowest BCUT2D eigenvalue weighted by Gasteiger charge is -2.11. The molecule has 0 radical (unpaired) electrons. The van der Waals surface area contributed by atoms with Crippen molar-refractivity contribution in [2.45, 2.75) is 18.6 Å². The maximum Gasteiger partial charge on any atom is 0.324 e. The summed E-state index contributed by atoms with van der Waals surface area (Å²) in [4.78, 5) is 10.6. The molecule has 1 unspecified atom stereocenters. The maximum absolute atomic E-state index is 11.3. The first-order chi connectivity index (χ1) is 5.95. The van der Waals surface area contributed by atoms with E-state index in [1.807, 2.05) is 0 Å². The van der Waals surface area contributed by atoms with Gasteiger partial charge < -0.3 is 9.84 Å². The van der Waals surface area contributed by atoms with Crippen LogP contribution in [0.1, 0.15) is 13.3 Å². The van der Waals surface area contributed by atoms with Gasteiger partial charge >= 0.3 is 5.97 Å². The molecule has 13 heavy (non-hydrogen) atoms. The van der Waals surface area contributed by atoms with Gasteiger partial charge in [-0.1, -0.05) is 6.92 Å². The second-order valence-electron chi connectivity index (χ2n) is 2.65. The van der Waals surface area contributed by atoms with Gasteiger partial charge in [0.1, 0.15) is 0 Å². The van der Waals surface area contributed by atoms with Crippen LogP contribution in [0, 0.1) is 0 Å². The normalized spacial score (nSPS) is 14.0. The summed E-state index contributed by atoms with van der Waals surface area (Å²) >= 11 is 0. The third kappa shape index (κ3) is 3.73. The zero-order valence-electron chi connectivity index (χ0n) is 7.69. The fourth-order valence-corrected chi connectivity index (χ4v) is 2.41. The molecule has 0 spiro atoms. The number of hydrogen-bond donors (Lipinski definition) is 1. The van der Waals surface area contributed by atoms with Crippen molar-refractivity contribution < 1.29 is 23.1 Å². The highest BCUT2D eigenvalue weighted by Crippen LogP contribution is 2.05. The number of hydrogen-bond acceptors (Lipinski definition) is 4. The van der Waals surface area contributed by atoms with Crippen LogP contribution in [0.5, 0.6) is 0 Å². The first-order valence-corrected chi connectivity index (χ1v) is 5.60. The van der Waals surface area contributed by atoms with Gasteiger partial charge in [-0.05, 0) is 6.42 Å². The van der Waals surface area contributed by atoms with Crippen molar-refractivity contribution in [2.24, 2.45) is 0 Å². The largest absolute Gasteiger partial charge is 0.480 e. The molecule has 0 fully saturated rings. The summed E-state index contributed by atoms with van der Waals surface area (Å²) in [7, 11) is -2.28. The van der Waals surface area contributed by atoms with E-state index in [9.17, 15) is 13.2 Å². The fourth-order valence-electron chi connectivity index (χ4n) is 0.907. The lowest BCUT2D eigenvalue weighted by molar-refractivity contribution is -0.137. The van der Waals surface area contributed by atoms with Crippen LogP contribution in [0.15, 0.2) is 0 Å². The van der Waals surface area contributed by atoms with Gasteiger partial charge in [-0.25, -0.2) is 8.42 Å². The zero-order valence-corrected chi connectivity index (χ0v) is 8.50. The van der Waals surface area contributed by atoms with Gasteiger partial charge in [0, 0.05) is 7.11 Å². The van der Waals surface area contributed by atoms with Crippen LogP contribution in [0.3, 0.4) is 0 Å². The molecular formula is C7H14O5S. The van der Waals surface area contributed by atoms with Gasteiger partial charge in [-0.3, -0.25) is 4.79 Å². The van der Waals surface area contributed by atoms with E-state index in [2.05, 4.69) is 4.74 Å². The van der Waals surface area contributed by atoms with Crippen molar-refractivity contribution in [2.75, 3.05) is 19.5 Å². The smallest absolute Gasteiger partial charge is 0.324 e. The van der Waals surface area contributed by atoms with Gasteiger partial charge in [0.05, 0.1) is 12.4 Å². The van der Waals surface area contributed by atoms with E-state index in [1.54, 1.807) is 6.92 Å². The van der Waals surface area contributed by atoms with E-state index in [0.717, 1.165) is 0 Å². The first kappa shape index (κ1) is 12.4. The molecule has 0 aliphatic heterocycles. The lowest BCUT2D eigenvalue weighted by Crippen LogP contribution is -2.35. The van der Waals surface area contributed by atoms with E-state index in [0.29, 0.717) is 6.42 Å². The van der Waals surface area contributed by atoms with Crippen LogP contribution in [-0.2, 0) is 19.4 Å². The summed E-state index contributed by atoms with van der Waals surface area (Å²) in [5.74, 6) is -1.47. The Morgan fingerprint density at radius 2 is 2.08 bits per heavy atom. The summed E-state index contributed by atoms with van der Waals surface area (Å²) in [6.07, 6.45) is 0.413. The highest BCUT2D eigenvalue weighted by atomic mass is 32.2. The van der Waals surface area contributed by atoms with Crippen LogP contribution in [0.2, 0.25) is 0 Å². The molecule has 6 heteroatoms. The minimum Gasteiger partial charge on any atom is -0.480 e. The van der Waals surface area contributed by atoms with Crippen LogP contribution in [0.4, 0.5) is 0 Å².